The van der Waals surface area contributed by atoms with Gasteiger partial charge < -0.3 is 10.3 Å². The average Bonchev–Trinajstić information content (AvgIpc) is 2.82. The lowest BCUT2D eigenvalue weighted by Gasteiger charge is -2.21. The van der Waals surface area contributed by atoms with Crippen LogP contribution in [0.15, 0.2) is 24.3 Å². The molecule has 2 heteroatoms. The van der Waals surface area contributed by atoms with Gasteiger partial charge in [0.15, 0.2) is 0 Å². The molecule has 2 aromatic rings. The molecule has 1 aromatic heterocycles. The van der Waals surface area contributed by atoms with E-state index in [1.807, 2.05) is 0 Å². The fourth-order valence-corrected chi connectivity index (χ4v) is 2.77. The first kappa shape index (κ1) is 10.8. The second-order valence-electron chi connectivity index (χ2n) is 5.02. The van der Waals surface area contributed by atoms with Crippen molar-refractivity contribution in [1.29, 1.82) is 0 Å². The molecule has 2 nitrogen and oxygen atoms in total. The Labute approximate surface area is 102 Å². The Kier molecular flexibility index (Phi) is 2.89. The van der Waals surface area contributed by atoms with Crippen molar-refractivity contribution in [2.45, 2.75) is 32.1 Å². The van der Waals surface area contributed by atoms with Crippen LogP contribution in [-0.4, -0.2) is 18.1 Å². The topological polar surface area (TPSA) is 27.8 Å². The summed E-state index contributed by atoms with van der Waals surface area (Å²) in [4.78, 5) is 3.61. The maximum absolute atomic E-state index is 3.61. The highest BCUT2D eigenvalue weighted by molar-refractivity contribution is 5.81. The van der Waals surface area contributed by atoms with Crippen molar-refractivity contribution < 1.29 is 0 Å². The summed E-state index contributed by atoms with van der Waals surface area (Å²) >= 11 is 0. The normalized spacial score (nSPS) is 17.7. The quantitative estimate of drug-likeness (QED) is 0.811. The standard InChI is InChI=1S/C15H20N2/c1-2-11-3-4-13-10-15(17-14(13)9-11)12-5-7-16-8-6-12/h3-4,9-10,12,16-17H,2,5-8H2,1H3. The van der Waals surface area contributed by atoms with Crippen molar-refractivity contribution in [3.05, 3.63) is 35.5 Å². The maximum atomic E-state index is 3.61. The van der Waals surface area contributed by atoms with Gasteiger partial charge in [-0.1, -0.05) is 19.1 Å². The lowest BCUT2D eigenvalue weighted by atomic mass is 9.95. The fraction of sp³-hybridized carbons (Fsp3) is 0.467. The van der Waals surface area contributed by atoms with Gasteiger partial charge in [0, 0.05) is 17.1 Å². The summed E-state index contributed by atoms with van der Waals surface area (Å²) in [6, 6.07) is 9.11. The minimum Gasteiger partial charge on any atom is -0.358 e. The summed E-state index contributed by atoms with van der Waals surface area (Å²) < 4.78 is 0. The van der Waals surface area contributed by atoms with Gasteiger partial charge in [0.2, 0.25) is 0 Å². The highest BCUT2D eigenvalue weighted by Gasteiger charge is 2.16. The Morgan fingerprint density at radius 1 is 1.18 bits per heavy atom. The number of H-pyrrole nitrogens is 1. The molecule has 1 aromatic carbocycles. The molecule has 0 atom stereocenters. The van der Waals surface area contributed by atoms with Crippen LogP contribution in [0.3, 0.4) is 0 Å². The number of aryl methyl sites for hydroxylation is 1. The van der Waals surface area contributed by atoms with E-state index in [0.717, 1.165) is 19.5 Å². The van der Waals surface area contributed by atoms with Gasteiger partial charge in [-0.3, -0.25) is 0 Å². The first-order valence-electron chi connectivity index (χ1n) is 6.69. The number of piperidine rings is 1. The van der Waals surface area contributed by atoms with Crippen LogP contribution in [0, 0.1) is 0 Å². The number of hydrogen-bond donors (Lipinski definition) is 2. The molecule has 0 spiro atoms. The van der Waals surface area contributed by atoms with Crippen LogP contribution >= 0.6 is 0 Å². The molecule has 0 unspecified atom stereocenters. The number of aromatic amines is 1. The first-order valence-corrected chi connectivity index (χ1v) is 6.69. The third-order valence-electron chi connectivity index (χ3n) is 3.89. The van der Waals surface area contributed by atoms with Crippen molar-refractivity contribution in [2.24, 2.45) is 0 Å². The SMILES string of the molecule is CCc1ccc2cc(C3CCNCC3)[nH]c2c1. The zero-order valence-corrected chi connectivity index (χ0v) is 10.4. The Bertz CT molecular complexity index is 507. The van der Waals surface area contributed by atoms with E-state index in [4.69, 9.17) is 0 Å². The van der Waals surface area contributed by atoms with Crippen molar-refractivity contribution in [3.63, 3.8) is 0 Å². The predicted molar refractivity (Wildman–Crippen MR) is 72.5 cm³/mol. The van der Waals surface area contributed by atoms with Gasteiger partial charge in [-0.15, -0.1) is 0 Å². The summed E-state index contributed by atoms with van der Waals surface area (Å²) in [5, 5.41) is 4.78. The molecule has 90 valence electrons. The summed E-state index contributed by atoms with van der Waals surface area (Å²) in [6.07, 6.45) is 3.62. The maximum Gasteiger partial charge on any atom is 0.0458 e. The van der Waals surface area contributed by atoms with Gasteiger partial charge in [0.1, 0.15) is 0 Å². The molecular weight excluding hydrogens is 208 g/mol. The molecule has 3 rings (SSSR count). The highest BCUT2D eigenvalue weighted by Crippen LogP contribution is 2.28. The van der Waals surface area contributed by atoms with Crippen LogP contribution in [0.5, 0.6) is 0 Å². The minimum atomic E-state index is 0.716. The minimum absolute atomic E-state index is 0.716. The molecule has 2 N–H and O–H groups in total. The number of benzene rings is 1. The zero-order valence-electron chi connectivity index (χ0n) is 10.4. The number of nitrogens with one attached hydrogen (secondary N) is 2. The van der Waals surface area contributed by atoms with Crippen LogP contribution in [0.2, 0.25) is 0 Å². The van der Waals surface area contributed by atoms with Crippen LogP contribution in [0.1, 0.15) is 36.9 Å². The van der Waals surface area contributed by atoms with Gasteiger partial charge in [-0.25, -0.2) is 0 Å². The molecular formula is C15H20N2. The summed E-state index contributed by atoms with van der Waals surface area (Å²) in [5.41, 5.74) is 4.14. The molecule has 1 aliphatic rings. The monoisotopic (exact) mass is 228 g/mol. The second kappa shape index (κ2) is 4.53. The molecule has 1 aliphatic heterocycles. The van der Waals surface area contributed by atoms with Crippen molar-refractivity contribution in [1.82, 2.24) is 10.3 Å². The smallest absolute Gasteiger partial charge is 0.0458 e. The van der Waals surface area contributed by atoms with E-state index in [2.05, 4.69) is 41.5 Å². The Balaban J connectivity index is 1.95. The van der Waals surface area contributed by atoms with E-state index in [1.54, 1.807) is 0 Å². The van der Waals surface area contributed by atoms with E-state index >= 15 is 0 Å². The van der Waals surface area contributed by atoms with Gasteiger partial charge in [-0.2, -0.15) is 0 Å². The van der Waals surface area contributed by atoms with Gasteiger partial charge >= 0.3 is 0 Å². The highest BCUT2D eigenvalue weighted by atomic mass is 14.9. The number of rotatable bonds is 2. The van der Waals surface area contributed by atoms with E-state index in [1.165, 1.54) is 35.0 Å². The molecule has 0 bridgehead atoms. The molecule has 0 saturated carbocycles. The van der Waals surface area contributed by atoms with E-state index in [0.29, 0.717) is 5.92 Å². The second-order valence-corrected chi connectivity index (χ2v) is 5.02. The summed E-state index contributed by atoms with van der Waals surface area (Å²) in [7, 11) is 0. The fourth-order valence-electron chi connectivity index (χ4n) is 2.77. The molecule has 1 saturated heterocycles. The molecule has 17 heavy (non-hydrogen) atoms. The van der Waals surface area contributed by atoms with Gasteiger partial charge in [0.05, 0.1) is 0 Å². The number of hydrogen-bond acceptors (Lipinski definition) is 1. The van der Waals surface area contributed by atoms with Crippen molar-refractivity contribution >= 4 is 10.9 Å². The van der Waals surface area contributed by atoms with E-state index in [9.17, 15) is 0 Å². The van der Waals surface area contributed by atoms with Gasteiger partial charge in [-0.05, 0) is 55.4 Å². The zero-order chi connectivity index (χ0) is 11.7. The van der Waals surface area contributed by atoms with Gasteiger partial charge in [0.25, 0.3) is 0 Å². The molecule has 0 aliphatic carbocycles. The molecule has 2 heterocycles. The number of aromatic nitrogens is 1. The average molecular weight is 228 g/mol. The van der Waals surface area contributed by atoms with Crippen LogP contribution < -0.4 is 5.32 Å². The summed E-state index contributed by atoms with van der Waals surface area (Å²) in [6.45, 7) is 4.51. The predicted octanol–water partition coefficient (Wildman–Crippen LogP) is 3.20. The Morgan fingerprint density at radius 3 is 2.76 bits per heavy atom. The van der Waals surface area contributed by atoms with E-state index < -0.39 is 0 Å². The molecule has 1 fully saturated rings. The first-order chi connectivity index (χ1) is 8.36. The molecule has 0 amide bonds. The van der Waals surface area contributed by atoms with Crippen molar-refractivity contribution in [2.75, 3.05) is 13.1 Å². The lowest BCUT2D eigenvalue weighted by molar-refractivity contribution is 0.455. The Hall–Kier alpha value is -1.28. The van der Waals surface area contributed by atoms with Crippen LogP contribution in [0.4, 0.5) is 0 Å². The van der Waals surface area contributed by atoms with Crippen LogP contribution in [-0.2, 0) is 6.42 Å². The summed E-state index contributed by atoms with van der Waals surface area (Å²) in [5.74, 6) is 0.716. The third kappa shape index (κ3) is 2.09. The molecule has 0 radical (unpaired) electrons. The van der Waals surface area contributed by atoms with E-state index in [-0.39, 0.29) is 0 Å². The number of fused-ring (bicyclic) bond motifs is 1. The lowest BCUT2D eigenvalue weighted by Crippen LogP contribution is -2.26. The van der Waals surface area contributed by atoms with Crippen LogP contribution in [0.25, 0.3) is 10.9 Å². The third-order valence-corrected chi connectivity index (χ3v) is 3.89. The van der Waals surface area contributed by atoms with Crippen molar-refractivity contribution in [3.8, 4) is 0 Å². The largest absolute Gasteiger partial charge is 0.358 e. The Morgan fingerprint density at radius 2 is 2.00 bits per heavy atom.